The number of alkyl halides is 2. The molecule has 0 aliphatic heterocycles. The second kappa shape index (κ2) is 3.68. The van der Waals surface area contributed by atoms with Crippen molar-refractivity contribution in [1.29, 1.82) is 0 Å². The molecule has 0 fully saturated rings. The lowest BCUT2D eigenvalue weighted by Gasteiger charge is -2.03. The van der Waals surface area contributed by atoms with Gasteiger partial charge < -0.3 is 5.73 Å². The number of nitrogens with two attached hydrogens (primary N) is 1. The Labute approximate surface area is 84.9 Å². The zero-order valence-electron chi connectivity index (χ0n) is 7.74. The van der Waals surface area contributed by atoms with Crippen LogP contribution in [-0.4, -0.2) is 10.2 Å². The van der Waals surface area contributed by atoms with Crippen LogP contribution in [0.3, 0.4) is 0 Å². The van der Waals surface area contributed by atoms with Crippen LogP contribution < -0.4 is 5.73 Å². The highest BCUT2D eigenvalue weighted by Gasteiger charge is 2.10. The average molecular weight is 209 g/mol. The Kier molecular flexibility index (Phi) is 2.37. The molecule has 0 spiro atoms. The smallest absolute Gasteiger partial charge is 0.263 e. The van der Waals surface area contributed by atoms with E-state index in [1.54, 1.807) is 12.1 Å². The topological polar surface area (TPSA) is 54.7 Å². The van der Waals surface area contributed by atoms with Crippen molar-refractivity contribution in [3.8, 4) is 11.1 Å². The highest BCUT2D eigenvalue weighted by atomic mass is 19.3. The molecular formula is C10H9F2N3. The van der Waals surface area contributed by atoms with Crippen molar-refractivity contribution in [1.82, 2.24) is 10.2 Å². The fourth-order valence-electron chi connectivity index (χ4n) is 1.37. The fraction of sp³-hybridized carbons (Fsp3) is 0.100. The van der Waals surface area contributed by atoms with Gasteiger partial charge in [0.15, 0.2) is 0 Å². The van der Waals surface area contributed by atoms with E-state index >= 15 is 0 Å². The third-order valence-electron chi connectivity index (χ3n) is 2.12. The van der Waals surface area contributed by atoms with Crippen molar-refractivity contribution in [2.75, 3.05) is 5.73 Å². The van der Waals surface area contributed by atoms with E-state index in [2.05, 4.69) is 10.2 Å². The number of rotatable bonds is 2. The van der Waals surface area contributed by atoms with E-state index in [9.17, 15) is 8.78 Å². The summed E-state index contributed by atoms with van der Waals surface area (Å²) in [6.07, 6.45) is -0.960. The summed E-state index contributed by atoms with van der Waals surface area (Å²) in [6, 6.07) is 6.08. The molecule has 0 aliphatic carbocycles. The molecule has 0 aliphatic rings. The summed E-state index contributed by atoms with van der Waals surface area (Å²) in [4.78, 5) is 0. The second-order valence-electron chi connectivity index (χ2n) is 3.12. The van der Waals surface area contributed by atoms with Crippen LogP contribution in [0.25, 0.3) is 11.1 Å². The molecule has 0 amide bonds. The van der Waals surface area contributed by atoms with Crippen LogP contribution in [0.2, 0.25) is 0 Å². The van der Waals surface area contributed by atoms with Gasteiger partial charge in [-0.05, 0) is 11.6 Å². The third-order valence-corrected chi connectivity index (χ3v) is 2.12. The normalized spacial score (nSPS) is 10.9. The Morgan fingerprint density at radius 1 is 1.33 bits per heavy atom. The molecular weight excluding hydrogens is 200 g/mol. The average Bonchev–Trinajstić information content (AvgIpc) is 2.64. The zero-order valence-corrected chi connectivity index (χ0v) is 7.74. The van der Waals surface area contributed by atoms with Gasteiger partial charge in [-0.25, -0.2) is 8.78 Å². The largest absolute Gasteiger partial charge is 0.384 e. The number of aromatic nitrogens is 2. The first-order chi connectivity index (χ1) is 7.18. The van der Waals surface area contributed by atoms with Crippen molar-refractivity contribution >= 4 is 5.82 Å². The minimum absolute atomic E-state index is 0.0203. The maximum absolute atomic E-state index is 12.4. The van der Waals surface area contributed by atoms with Crippen LogP contribution in [0.1, 0.15) is 12.0 Å². The molecule has 1 aromatic carbocycles. The Balaban J connectivity index is 2.46. The van der Waals surface area contributed by atoms with E-state index in [1.165, 1.54) is 18.3 Å². The highest BCUT2D eigenvalue weighted by molar-refractivity contribution is 5.73. The number of halogens is 2. The summed E-state index contributed by atoms with van der Waals surface area (Å²) in [6.45, 7) is 0. The third kappa shape index (κ3) is 1.81. The standard InChI is InChI=1S/C10H9F2N3/c11-9(12)7-3-1-2-6(4-7)8-5-14-15-10(8)13/h1-5,9H,(H3,13,14,15). The Morgan fingerprint density at radius 2 is 2.13 bits per heavy atom. The summed E-state index contributed by atoms with van der Waals surface area (Å²) in [5.41, 5.74) is 6.85. The SMILES string of the molecule is Nc1[nH]ncc1-c1cccc(C(F)F)c1. The number of anilines is 1. The highest BCUT2D eigenvalue weighted by Crippen LogP contribution is 2.27. The molecule has 15 heavy (non-hydrogen) atoms. The molecule has 0 bridgehead atoms. The molecule has 0 unspecified atom stereocenters. The van der Waals surface area contributed by atoms with Crippen LogP contribution in [0.15, 0.2) is 30.5 Å². The number of aromatic amines is 1. The molecule has 0 radical (unpaired) electrons. The van der Waals surface area contributed by atoms with Crippen molar-refractivity contribution in [2.45, 2.75) is 6.43 Å². The van der Waals surface area contributed by atoms with Crippen LogP contribution in [-0.2, 0) is 0 Å². The van der Waals surface area contributed by atoms with E-state index < -0.39 is 6.43 Å². The molecule has 3 nitrogen and oxygen atoms in total. The molecule has 0 saturated carbocycles. The minimum Gasteiger partial charge on any atom is -0.384 e. The lowest BCUT2D eigenvalue weighted by Crippen LogP contribution is -1.89. The summed E-state index contributed by atoms with van der Waals surface area (Å²) >= 11 is 0. The van der Waals surface area contributed by atoms with Gasteiger partial charge in [-0.2, -0.15) is 5.10 Å². The zero-order chi connectivity index (χ0) is 10.8. The number of nitrogens with one attached hydrogen (secondary N) is 1. The lowest BCUT2D eigenvalue weighted by atomic mass is 10.1. The van der Waals surface area contributed by atoms with E-state index in [0.717, 1.165) is 0 Å². The van der Waals surface area contributed by atoms with Gasteiger partial charge in [0, 0.05) is 11.1 Å². The van der Waals surface area contributed by atoms with Gasteiger partial charge in [-0.3, -0.25) is 5.10 Å². The molecule has 3 N–H and O–H groups in total. The molecule has 0 saturated heterocycles. The van der Waals surface area contributed by atoms with Crippen molar-refractivity contribution in [2.24, 2.45) is 0 Å². The van der Waals surface area contributed by atoms with Gasteiger partial charge in [0.2, 0.25) is 0 Å². The number of H-pyrrole nitrogens is 1. The number of hydrogen-bond donors (Lipinski definition) is 2. The quantitative estimate of drug-likeness (QED) is 0.798. The first-order valence-electron chi connectivity index (χ1n) is 4.36. The molecule has 2 rings (SSSR count). The van der Waals surface area contributed by atoms with Crippen LogP contribution in [0.5, 0.6) is 0 Å². The van der Waals surface area contributed by atoms with Gasteiger partial charge in [-0.1, -0.05) is 18.2 Å². The Morgan fingerprint density at radius 3 is 2.73 bits per heavy atom. The van der Waals surface area contributed by atoms with Crippen LogP contribution in [0.4, 0.5) is 14.6 Å². The number of hydrogen-bond acceptors (Lipinski definition) is 2. The summed E-state index contributed by atoms with van der Waals surface area (Å²) in [5.74, 6) is 0.376. The number of nitrogens with zero attached hydrogens (tertiary/aromatic N) is 1. The van der Waals surface area contributed by atoms with Gasteiger partial charge in [0.05, 0.1) is 6.20 Å². The summed E-state index contributed by atoms with van der Waals surface area (Å²) < 4.78 is 24.9. The van der Waals surface area contributed by atoms with Crippen molar-refractivity contribution in [3.63, 3.8) is 0 Å². The lowest BCUT2D eigenvalue weighted by molar-refractivity contribution is 0.151. The van der Waals surface area contributed by atoms with E-state index in [1.807, 2.05) is 0 Å². The van der Waals surface area contributed by atoms with E-state index in [0.29, 0.717) is 16.9 Å². The van der Waals surface area contributed by atoms with Gasteiger partial charge in [0.1, 0.15) is 5.82 Å². The van der Waals surface area contributed by atoms with Crippen LogP contribution >= 0.6 is 0 Å². The van der Waals surface area contributed by atoms with Gasteiger partial charge >= 0.3 is 0 Å². The number of benzene rings is 1. The van der Waals surface area contributed by atoms with Crippen molar-refractivity contribution < 1.29 is 8.78 Å². The monoisotopic (exact) mass is 209 g/mol. The molecule has 1 aromatic heterocycles. The number of nitrogen functional groups attached to an aromatic ring is 1. The maximum Gasteiger partial charge on any atom is 0.263 e. The molecule has 1 heterocycles. The predicted octanol–water partition coefficient (Wildman–Crippen LogP) is 2.60. The maximum atomic E-state index is 12.4. The van der Waals surface area contributed by atoms with Crippen molar-refractivity contribution in [3.05, 3.63) is 36.0 Å². The molecule has 2 aromatic rings. The molecule has 78 valence electrons. The summed E-state index contributed by atoms with van der Waals surface area (Å²) in [7, 11) is 0. The van der Waals surface area contributed by atoms with Gasteiger partial charge in [-0.15, -0.1) is 0 Å². The van der Waals surface area contributed by atoms with E-state index in [4.69, 9.17) is 5.73 Å². The fourth-order valence-corrected chi connectivity index (χ4v) is 1.37. The molecule has 0 atom stereocenters. The Hall–Kier alpha value is -1.91. The molecule has 5 heteroatoms. The summed E-state index contributed by atoms with van der Waals surface area (Å²) in [5, 5.41) is 6.29. The first kappa shape index (κ1) is 9.64. The minimum atomic E-state index is -2.47. The van der Waals surface area contributed by atoms with E-state index in [-0.39, 0.29) is 5.56 Å². The van der Waals surface area contributed by atoms with Gasteiger partial charge in [0.25, 0.3) is 6.43 Å². The Bertz CT molecular complexity index is 465. The van der Waals surface area contributed by atoms with Crippen LogP contribution in [0, 0.1) is 0 Å². The first-order valence-corrected chi connectivity index (χ1v) is 4.36. The predicted molar refractivity (Wildman–Crippen MR) is 53.4 cm³/mol. The second-order valence-corrected chi connectivity index (χ2v) is 3.12.